The van der Waals surface area contributed by atoms with Crippen molar-refractivity contribution in [2.24, 2.45) is 0 Å². The van der Waals surface area contributed by atoms with Crippen LogP contribution in [0.2, 0.25) is 0 Å². The van der Waals surface area contributed by atoms with Crippen molar-refractivity contribution in [1.29, 1.82) is 0 Å². The molecule has 0 fully saturated rings. The number of para-hydroxylation sites is 1. The normalized spacial score (nSPS) is 15.2. The van der Waals surface area contributed by atoms with Gasteiger partial charge in [0.05, 0.1) is 0 Å². The number of benzene rings is 3. The summed E-state index contributed by atoms with van der Waals surface area (Å²) in [6.07, 6.45) is 3.98. The number of fused-ring (bicyclic) bond motifs is 1. The molecule has 3 aromatic carbocycles. The summed E-state index contributed by atoms with van der Waals surface area (Å²) in [4.78, 5) is 1.92. The van der Waals surface area contributed by atoms with Gasteiger partial charge in [0.25, 0.3) is 0 Å². The minimum absolute atomic E-state index is 0.282. The summed E-state index contributed by atoms with van der Waals surface area (Å²) in [6.45, 7) is 0. The quantitative estimate of drug-likeness (QED) is 0.524. The first-order valence-corrected chi connectivity index (χ1v) is 8.30. The summed E-state index contributed by atoms with van der Waals surface area (Å²) in [7, 11) is 0. The summed E-state index contributed by atoms with van der Waals surface area (Å²) in [6, 6.07) is 21.1. The van der Waals surface area contributed by atoms with Crippen molar-refractivity contribution >= 4 is 17.5 Å². The molecule has 0 spiro atoms. The number of anilines is 2. The van der Waals surface area contributed by atoms with Crippen LogP contribution in [0.3, 0.4) is 0 Å². The molecule has 0 aliphatic carbocycles. The smallest absolute Gasteiger partial charge is 0.160 e. The van der Waals surface area contributed by atoms with Gasteiger partial charge in [-0.2, -0.15) is 0 Å². The molecule has 0 radical (unpaired) electrons. The lowest BCUT2D eigenvalue weighted by molar-refractivity contribution is 0.508. The third-order valence-corrected chi connectivity index (χ3v) is 4.25. The van der Waals surface area contributed by atoms with Crippen LogP contribution in [-0.2, 0) is 0 Å². The number of nitrogens with zero attached hydrogens (tertiary/aromatic N) is 1. The van der Waals surface area contributed by atoms with Crippen LogP contribution in [0.5, 0.6) is 0 Å². The summed E-state index contributed by atoms with van der Waals surface area (Å²) >= 11 is 0. The van der Waals surface area contributed by atoms with E-state index < -0.39 is 11.6 Å². The van der Waals surface area contributed by atoms with Crippen LogP contribution in [0, 0.1) is 23.5 Å². The monoisotopic (exact) mass is 343 g/mol. The van der Waals surface area contributed by atoms with E-state index in [0.717, 1.165) is 22.9 Å². The summed E-state index contributed by atoms with van der Waals surface area (Å²) in [5.74, 6) is 4.66. The fourth-order valence-electron chi connectivity index (χ4n) is 3.00. The average Bonchev–Trinajstić information content (AvgIpc) is 2.69. The average molecular weight is 343 g/mol. The first-order valence-electron chi connectivity index (χ1n) is 8.30. The largest absolute Gasteiger partial charge is 0.323 e. The van der Waals surface area contributed by atoms with E-state index in [4.69, 9.17) is 0 Å². The van der Waals surface area contributed by atoms with Gasteiger partial charge in [0.1, 0.15) is 6.04 Å². The van der Waals surface area contributed by atoms with Crippen molar-refractivity contribution in [3.05, 3.63) is 102 Å². The molecular weight excluding hydrogens is 328 g/mol. The molecule has 0 aromatic heterocycles. The van der Waals surface area contributed by atoms with Gasteiger partial charge in [0.15, 0.2) is 11.6 Å². The number of hydrogen-bond donors (Lipinski definition) is 0. The molecule has 1 aliphatic rings. The Morgan fingerprint density at radius 2 is 1.58 bits per heavy atom. The van der Waals surface area contributed by atoms with E-state index in [1.807, 2.05) is 71.6 Å². The van der Waals surface area contributed by atoms with Gasteiger partial charge in [-0.1, -0.05) is 54.3 Å². The molecule has 0 saturated heterocycles. The molecular formula is C23H15F2N. The molecule has 1 atom stereocenters. The molecule has 1 aliphatic heterocycles. The maximum absolute atomic E-state index is 13.8. The van der Waals surface area contributed by atoms with E-state index in [1.165, 1.54) is 6.07 Å². The summed E-state index contributed by atoms with van der Waals surface area (Å²) < 4.78 is 27.2. The Bertz CT molecular complexity index is 1030. The van der Waals surface area contributed by atoms with Crippen molar-refractivity contribution in [2.75, 3.05) is 4.90 Å². The van der Waals surface area contributed by atoms with Crippen molar-refractivity contribution in [1.82, 2.24) is 0 Å². The Balaban J connectivity index is 1.80. The van der Waals surface area contributed by atoms with Gasteiger partial charge in [-0.15, -0.1) is 0 Å². The first-order chi connectivity index (χ1) is 12.7. The SMILES string of the molecule is Fc1ccc(N2c3ccccc3C=CC2C#Cc2ccccc2)cc1F. The highest BCUT2D eigenvalue weighted by molar-refractivity contribution is 5.80. The zero-order valence-corrected chi connectivity index (χ0v) is 13.9. The summed E-state index contributed by atoms with van der Waals surface area (Å²) in [5.41, 5.74) is 3.39. The van der Waals surface area contributed by atoms with Crippen LogP contribution >= 0.6 is 0 Å². The second kappa shape index (κ2) is 6.85. The van der Waals surface area contributed by atoms with Gasteiger partial charge < -0.3 is 4.90 Å². The standard InChI is InChI=1S/C23H15F2N/c24-21-15-14-20(16-22(21)25)26-19(12-10-17-6-2-1-3-7-17)13-11-18-8-4-5-9-23(18)26/h1-9,11,13-16,19H. The Morgan fingerprint density at radius 1 is 0.808 bits per heavy atom. The van der Waals surface area contributed by atoms with Gasteiger partial charge in [-0.05, 0) is 42.0 Å². The van der Waals surface area contributed by atoms with Gasteiger partial charge in [0, 0.05) is 23.0 Å². The van der Waals surface area contributed by atoms with E-state index >= 15 is 0 Å². The van der Waals surface area contributed by atoms with Gasteiger partial charge in [-0.3, -0.25) is 0 Å². The summed E-state index contributed by atoms with van der Waals surface area (Å²) in [5, 5.41) is 0. The first kappa shape index (κ1) is 16.1. The van der Waals surface area contributed by atoms with Crippen LogP contribution in [0.4, 0.5) is 20.2 Å². The highest BCUT2D eigenvalue weighted by Crippen LogP contribution is 2.35. The van der Waals surface area contributed by atoms with Crippen LogP contribution < -0.4 is 4.90 Å². The fraction of sp³-hybridized carbons (Fsp3) is 0.0435. The Labute approximate surface area is 151 Å². The predicted octanol–water partition coefficient (Wildman–Crippen LogP) is 5.55. The lowest BCUT2D eigenvalue weighted by atomic mass is 10.0. The van der Waals surface area contributed by atoms with Crippen molar-refractivity contribution in [3.8, 4) is 11.8 Å². The number of rotatable bonds is 1. The third kappa shape index (κ3) is 3.10. The molecule has 4 rings (SSSR count). The minimum atomic E-state index is -0.871. The van der Waals surface area contributed by atoms with Crippen LogP contribution in [-0.4, -0.2) is 6.04 Å². The van der Waals surface area contributed by atoms with E-state index in [0.29, 0.717) is 5.69 Å². The topological polar surface area (TPSA) is 3.24 Å². The Hall–Kier alpha value is -3.38. The number of halogens is 2. The third-order valence-electron chi connectivity index (χ3n) is 4.25. The van der Waals surface area contributed by atoms with E-state index in [2.05, 4.69) is 11.8 Å². The molecule has 0 N–H and O–H groups in total. The zero-order valence-electron chi connectivity index (χ0n) is 13.9. The van der Waals surface area contributed by atoms with E-state index in [-0.39, 0.29) is 6.04 Å². The predicted molar refractivity (Wildman–Crippen MR) is 101 cm³/mol. The molecule has 26 heavy (non-hydrogen) atoms. The fourth-order valence-corrected chi connectivity index (χ4v) is 3.00. The van der Waals surface area contributed by atoms with Crippen LogP contribution in [0.15, 0.2) is 78.9 Å². The minimum Gasteiger partial charge on any atom is -0.323 e. The second-order valence-electron chi connectivity index (χ2n) is 5.97. The Kier molecular flexibility index (Phi) is 4.25. The van der Waals surface area contributed by atoms with Crippen LogP contribution in [0.25, 0.3) is 6.08 Å². The van der Waals surface area contributed by atoms with E-state index in [9.17, 15) is 8.78 Å². The molecule has 0 saturated carbocycles. The molecule has 1 heterocycles. The Morgan fingerprint density at radius 3 is 2.38 bits per heavy atom. The van der Waals surface area contributed by atoms with Gasteiger partial charge in [0.2, 0.25) is 0 Å². The molecule has 1 nitrogen and oxygen atoms in total. The van der Waals surface area contributed by atoms with Crippen molar-refractivity contribution < 1.29 is 8.78 Å². The molecule has 1 unspecified atom stereocenters. The lowest BCUT2D eigenvalue weighted by Gasteiger charge is -2.33. The van der Waals surface area contributed by atoms with Crippen molar-refractivity contribution in [3.63, 3.8) is 0 Å². The maximum Gasteiger partial charge on any atom is 0.160 e. The molecule has 126 valence electrons. The highest BCUT2D eigenvalue weighted by atomic mass is 19.2. The molecule has 3 aromatic rings. The molecule has 0 amide bonds. The highest BCUT2D eigenvalue weighted by Gasteiger charge is 2.23. The molecule has 3 heteroatoms. The lowest BCUT2D eigenvalue weighted by Crippen LogP contribution is -2.30. The van der Waals surface area contributed by atoms with Crippen LogP contribution in [0.1, 0.15) is 11.1 Å². The maximum atomic E-state index is 13.8. The van der Waals surface area contributed by atoms with Crippen molar-refractivity contribution in [2.45, 2.75) is 6.04 Å². The van der Waals surface area contributed by atoms with Gasteiger partial charge >= 0.3 is 0 Å². The zero-order chi connectivity index (χ0) is 17.9. The van der Waals surface area contributed by atoms with E-state index in [1.54, 1.807) is 6.07 Å². The van der Waals surface area contributed by atoms with Gasteiger partial charge in [-0.25, -0.2) is 8.78 Å². The molecule has 0 bridgehead atoms. The number of hydrogen-bond acceptors (Lipinski definition) is 1. The second-order valence-corrected chi connectivity index (χ2v) is 5.97.